The molecule has 0 atom stereocenters. The van der Waals surface area contributed by atoms with Crippen molar-refractivity contribution in [2.45, 2.75) is 34.1 Å². The van der Waals surface area contributed by atoms with E-state index in [1.165, 1.54) is 0 Å². The minimum absolute atomic E-state index is 0.911. The Morgan fingerprint density at radius 2 is 1.90 bits per heavy atom. The average Bonchev–Trinajstić information content (AvgIpc) is 2.79. The summed E-state index contributed by atoms with van der Waals surface area (Å²) in [5.74, 6) is 1.03. The maximum absolute atomic E-state index is 4.49. The highest BCUT2D eigenvalue weighted by Crippen LogP contribution is 2.13. The summed E-state index contributed by atoms with van der Waals surface area (Å²) in [6.45, 7) is 12.7. The van der Waals surface area contributed by atoms with Crippen LogP contribution in [0.1, 0.15) is 31.7 Å². The normalized spacial score (nSPS) is 11.4. The van der Waals surface area contributed by atoms with E-state index in [-0.39, 0.29) is 0 Å². The first kappa shape index (κ1) is 14.8. The summed E-state index contributed by atoms with van der Waals surface area (Å²) < 4.78 is 1.89. The third kappa shape index (κ3) is 3.48. The lowest BCUT2D eigenvalue weighted by Crippen LogP contribution is -2.25. The Labute approximate surface area is 121 Å². The Bertz CT molecular complexity index is 557. The van der Waals surface area contributed by atoms with Gasteiger partial charge in [-0.15, -0.1) is 0 Å². The Balaban J connectivity index is 1.99. The molecule has 2 rings (SSSR count). The molecular formula is C15H25N5. The van der Waals surface area contributed by atoms with Crippen molar-refractivity contribution in [3.63, 3.8) is 0 Å². The second-order valence-corrected chi connectivity index (χ2v) is 5.15. The molecule has 2 heterocycles. The van der Waals surface area contributed by atoms with Gasteiger partial charge in [-0.05, 0) is 39.9 Å². The standard InChI is InChI=1S/C15H25N5/c1-5-19(6-2)9-7-8-16-14-10-12(3)17-15-11-13(4)18-20(14)15/h10-11,16H,5-9H2,1-4H3. The van der Waals surface area contributed by atoms with E-state index in [9.17, 15) is 0 Å². The topological polar surface area (TPSA) is 45.5 Å². The van der Waals surface area contributed by atoms with Gasteiger partial charge >= 0.3 is 0 Å². The number of anilines is 1. The van der Waals surface area contributed by atoms with E-state index in [2.05, 4.69) is 40.2 Å². The number of hydrogen-bond donors (Lipinski definition) is 1. The summed E-state index contributed by atoms with van der Waals surface area (Å²) in [6.07, 6.45) is 1.13. The van der Waals surface area contributed by atoms with Crippen LogP contribution in [0.15, 0.2) is 12.1 Å². The summed E-state index contributed by atoms with van der Waals surface area (Å²) in [5, 5.41) is 7.96. The third-order valence-electron chi connectivity index (χ3n) is 3.53. The summed E-state index contributed by atoms with van der Waals surface area (Å²) >= 11 is 0. The van der Waals surface area contributed by atoms with Crippen LogP contribution in [0.5, 0.6) is 0 Å². The van der Waals surface area contributed by atoms with E-state index >= 15 is 0 Å². The zero-order valence-corrected chi connectivity index (χ0v) is 13.0. The molecule has 2 aromatic rings. The molecule has 5 nitrogen and oxygen atoms in total. The summed E-state index contributed by atoms with van der Waals surface area (Å²) in [5.41, 5.74) is 2.92. The van der Waals surface area contributed by atoms with Gasteiger partial charge in [-0.1, -0.05) is 13.8 Å². The predicted molar refractivity (Wildman–Crippen MR) is 83.4 cm³/mol. The molecule has 0 unspecified atom stereocenters. The van der Waals surface area contributed by atoms with E-state index in [0.717, 1.165) is 55.5 Å². The minimum Gasteiger partial charge on any atom is -0.370 e. The maximum Gasteiger partial charge on any atom is 0.157 e. The van der Waals surface area contributed by atoms with Crippen LogP contribution < -0.4 is 5.32 Å². The highest BCUT2D eigenvalue weighted by atomic mass is 15.3. The number of aryl methyl sites for hydroxylation is 2. The smallest absolute Gasteiger partial charge is 0.157 e. The van der Waals surface area contributed by atoms with Gasteiger partial charge in [0, 0.05) is 24.4 Å². The van der Waals surface area contributed by atoms with Gasteiger partial charge in [-0.3, -0.25) is 0 Å². The van der Waals surface area contributed by atoms with Crippen molar-refractivity contribution in [1.29, 1.82) is 0 Å². The molecule has 0 spiro atoms. The van der Waals surface area contributed by atoms with Gasteiger partial charge < -0.3 is 10.2 Å². The summed E-state index contributed by atoms with van der Waals surface area (Å²) in [6, 6.07) is 4.06. The van der Waals surface area contributed by atoms with E-state index in [0.29, 0.717) is 0 Å². The second kappa shape index (κ2) is 6.70. The Hall–Kier alpha value is -1.62. The SMILES string of the molecule is CCN(CC)CCCNc1cc(C)nc2cc(C)nn12. The number of fused-ring (bicyclic) bond motifs is 1. The van der Waals surface area contributed by atoms with Crippen LogP contribution in [0.2, 0.25) is 0 Å². The third-order valence-corrected chi connectivity index (χ3v) is 3.53. The van der Waals surface area contributed by atoms with E-state index in [1.807, 2.05) is 24.4 Å². The first-order valence-corrected chi connectivity index (χ1v) is 7.44. The average molecular weight is 275 g/mol. The predicted octanol–water partition coefficient (Wildman–Crippen LogP) is 2.49. The lowest BCUT2D eigenvalue weighted by atomic mass is 10.3. The molecule has 0 aliphatic carbocycles. The lowest BCUT2D eigenvalue weighted by Gasteiger charge is -2.18. The second-order valence-electron chi connectivity index (χ2n) is 5.15. The van der Waals surface area contributed by atoms with Crippen LogP contribution in [-0.4, -0.2) is 45.7 Å². The van der Waals surface area contributed by atoms with Crippen molar-refractivity contribution in [3.8, 4) is 0 Å². The van der Waals surface area contributed by atoms with Crippen molar-refractivity contribution in [2.75, 3.05) is 31.5 Å². The van der Waals surface area contributed by atoms with Crippen LogP contribution in [0, 0.1) is 13.8 Å². The Kier molecular flexibility index (Phi) is 4.95. The van der Waals surface area contributed by atoms with Gasteiger partial charge in [0.25, 0.3) is 0 Å². The van der Waals surface area contributed by atoms with Crippen molar-refractivity contribution >= 4 is 11.5 Å². The van der Waals surface area contributed by atoms with Crippen molar-refractivity contribution in [2.24, 2.45) is 0 Å². The summed E-state index contributed by atoms with van der Waals surface area (Å²) in [4.78, 5) is 6.93. The molecule has 0 saturated carbocycles. The highest BCUT2D eigenvalue weighted by Gasteiger charge is 2.06. The van der Waals surface area contributed by atoms with Crippen LogP contribution in [0.3, 0.4) is 0 Å². The fourth-order valence-corrected chi connectivity index (χ4v) is 2.40. The molecule has 2 aromatic heterocycles. The highest BCUT2D eigenvalue weighted by molar-refractivity contribution is 5.50. The largest absolute Gasteiger partial charge is 0.370 e. The molecule has 0 amide bonds. The molecule has 110 valence electrons. The molecule has 20 heavy (non-hydrogen) atoms. The van der Waals surface area contributed by atoms with Gasteiger partial charge in [0.05, 0.1) is 5.69 Å². The molecule has 1 N–H and O–H groups in total. The zero-order chi connectivity index (χ0) is 14.5. The van der Waals surface area contributed by atoms with E-state index in [1.54, 1.807) is 0 Å². The van der Waals surface area contributed by atoms with Gasteiger partial charge in [-0.2, -0.15) is 9.61 Å². The number of nitrogens with zero attached hydrogens (tertiary/aromatic N) is 4. The van der Waals surface area contributed by atoms with E-state index in [4.69, 9.17) is 0 Å². The van der Waals surface area contributed by atoms with Gasteiger partial charge in [-0.25, -0.2) is 4.98 Å². The van der Waals surface area contributed by atoms with Gasteiger partial charge in [0.15, 0.2) is 5.65 Å². The molecule has 0 saturated heterocycles. The van der Waals surface area contributed by atoms with Crippen molar-refractivity contribution < 1.29 is 0 Å². The number of rotatable bonds is 7. The number of hydrogen-bond acceptors (Lipinski definition) is 4. The zero-order valence-electron chi connectivity index (χ0n) is 13.0. The quantitative estimate of drug-likeness (QED) is 0.789. The maximum atomic E-state index is 4.49. The fourth-order valence-electron chi connectivity index (χ4n) is 2.40. The lowest BCUT2D eigenvalue weighted by molar-refractivity contribution is 0.303. The Morgan fingerprint density at radius 1 is 1.15 bits per heavy atom. The molecule has 0 aliphatic heterocycles. The monoisotopic (exact) mass is 275 g/mol. The first-order chi connectivity index (χ1) is 9.63. The molecule has 0 bridgehead atoms. The van der Waals surface area contributed by atoms with Crippen molar-refractivity contribution in [3.05, 3.63) is 23.5 Å². The van der Waals surface area contributed by atoms with Crippen LogP contribution >= 0.6 is 0 Å². The van der Waals surface area contributed by atoms with Crippen LogP contribution in [0.25, 0.3) is 5.65 Å². The Morgan fingerprint density at radius 3 is 2.60 bits per heavy atom. The molecule has 0 radical (unpaired) electrons. The van der Waals surface area contributed by atoms with E-state index < -0.39 is 0 Å². The van der Waals surface area contributed by atoms with Crippen LogP contribution in [-0.2, 0) is 0 Å². The molecule has 5 heteroatoms. The van der Waals surface area contributed by atoms with Crippen LogP contribution in [0.4, 0.5) is 5.82 Å². The molecule has 0 aliphatic rings. The fraction of sp³-hybridized carbons (Fsp3) is 0.600. The molecule has 0 fully saturated rings. The summed E-state index contributed by atoms with van der Waals surface area (Å²) in [7, 11) is 0. The van der Waals surface area contributed by atoms with Gasteiger partial charge in [0.1, 0.15) is 5.82 Å². The van der Waals surface area contributed by atoms with Crippen molar-refractivity contribution in [1.82, 2.24) is 19.5 Å². The molecule has 0 aromatic carbocycles. The van der Waals surface area contributed by atoms with Gasteiger partial charge in [0.2, 0.25) is 0 Å². The number of nitrogens with one attached hydrogen (secondary N) is 1. The number of aromatic nitrogens is 3. The minimum atomic E-state index is 0.911. The molecular weight excluding hydrogens is 250 g/mol. The first-order valence-electron chi connectivity index (χ1n) is 7.44.